The van der Waals surface area contributed by atoms with Crippen LogP contribution < -0.4 is 10.6 Å². The van der Waals surface area contributed by atoms with Gasteiger partial charge >= 0.3 is 0 Å². The minimum absolute atomic E-state index is 0.302. The molecule has 2 aliphatic rings. The molecule has 6 nitrogen and oxygen atoms in total. The van der Waals surface area contributed by atoms with Crippen LogP contribution in [0.2, 0.25) is 5.02 Å². The van der Waals surface area contributed by atoms with E-state index in [1.54, 1.807) is 0 Å². The van der Waals surface area contributed by atoms with E-state index in [-0.39, 0.29) is 0 Å². The van der Waals surface area contributed by atoms with Crippen LogP contribution in [-0.4, -0.2) is 43.0 Å². The van der Waals surface area contributed by atoms with E-state index in [0.29, 0.717) is 36.2 Å². The van der Waals surface area contributed by atoms with Gasteiger partial charge in [-0.15, -0.1) is 0 Å². The Hall–Kier alpha value is -1.37. The summed E-state index contributed by atoms with van der Waals surface area (Å²) in [6.07, 6.45) is 2.22. The molecule has 7 heteroatoms. The van der Waals surface area contributed by atoms with Crippen molar-refractivity contribution >= 4 is 23.3 Å². The van der Waals surface area contributed by atoms with Gasteiger partial charge in [0.15, 0.2) is 5.79 Å². The summed E-state index contributed by atoms with van der Waals surface area (Å²) in [4.78, 5) is 17.3. The Morgan fingerprint density at radius 3 is 2.84 bits per heavy atom. The average molecular weight is 284 g/mol. The van der Waals surface area contributed by atoms with Crippen LogP contribution in [0.1, 0.15) is 16.8 Å². The Labute approximate surface area is 115 Å². The Kier molecular flexibility index (Phi) is 3.08. The normalized spacial score (nSPS) is 21.2. The number of amides is 1. The number of pyridine rings is 1. The molecule has 0 aliphatic carbocycles. The van der Waals surface area contributed by atoms with Crippen LogP contribution in [0, 0.1) is 0 Å². The number of anilines is 1. The number of halogens is 1. The number of ether oxygens (including phenoxy) is 2. The predicted octanol–water partition coefficient (Wildman–Crippen LogP) is 0.787. The van der Waals surface area contributed by atoms with Gasteiger partial charge in [-0.05, 0) is 6.07 Å². The molecule has 1 aromatic rings. The highest BCUT2D eigenvalue weighted by molar-refractivity contribution is 6.33. The van der Waals surface area contributed by atoms with Crippen LogP contribution in [0.15, 0.2) is 12.3 Å². The molecular weight excluding hydrogens is 270 g/mol. The van der Waals surface area contributed by atoms with Crippen molar-refractivity contribution in [3.05, 3.63) is 22.8 Å². The molecule has 2 aliphatic heterocycles. The van der Waals surface area contributed by atoms with Gasteiger partial charge in [-0.1, -0.05) is 11.6 Å². The molecule has 3 heterocycles. The number of hydrogen-bond donors (Lipinski definition) is 1. The third-order valence-electron chi connectivity index (χ3n) is 3.41. The van der Waals surface area contributed by atoms with Crippen LogP contribution in [-0.2, 0) is 9.47 Å². The molecule has 19 heavy (non-hydrogen) atoms. The molecule has 0 atom stereocenters. The first-order valence-corrected chi connectivity index (χ1v) is 6.46. The van der Waals surface area contributed by atoms with Gasteiger partial charge in [-0.25, -0.2) is 4.98 Å². The number of carbonyl (C=O) groups excluding carboxylic acids is 1. The highest BCUT2D eigenvalue weighted by Crippen LogP contribution is 2.35. The second-order valence-corrected chi connectivity index (χ2v) is 5.08. The lowest BCUT2D eigenvalue weighted by atomic mass is 10.2. The molecule has 0 bridgehead atoms. The predicted molar refractivity (Wildman–Crippen MR) is 69.2 cm³/mol. The van der Waals surface area contributed by atoms with Crippen molar-refractivity contribution in [3.8, 4) is 0 Å². The molecule has 1 spiro atoms. The van der Waals surface area contributed by atoms with E-state index < -0.39 is 11.7 Å². The highest BCUT2D eigenvalue weighted by Gasteiger charge is 2.44. The second-order valence-electron chi connectivity index (χ2n) is 4.67. The van der Waals surface area contributed by atoms with Crippen molar-refractivity contribution < 1.29 is 14.3 Å². The van der Waals surface area contributed by atoms with Crippen LogP contribution in [0.25, 0.3) is 0 Å². The summed E-state index contributed by atoms with van der Waals surface area (Å²) in [5.74, 6) is -0.433. The standard InChI is InChI=1S/C12H14ClN3O3/c13-9-5-8(10(14)17)6-15-11(9)16-2-1-12(7-16)18-3-4-19-12/h5-6H,1-4,7H2,(H2,14,17). The molecule has 2 fully saturated rings. The Bertz CT molecular complexity index is 517. The average Bonchev–Trinajstić information content (AvgIpc) is 3.00. The van der Waals surface area contributed by atoms with Crippen molar-refractivity contribution in [2.75, 3.05) is 31.2 Å². The van der Waals surface area contributed by atoms with Gasteiger partial charge in [0.25, 0.3) is 0 Å². The summed E-state index contributed by atoms with van der Waals surface area (Å²) in [5.41, 5.74) is 5.49. The van der Waals surface area contributed by atoms with Gasteiger partial charge in [-0.3, -0.25) is 4.79 Å². The van der Waals surface area contributed by atoms with Crippen molar-refractivity contribution in [2.45, 2.75) is 12.2 Å². The van der Waals surface area contributed by atoms with Gasteiger partial charge in [0.05, 0.1) is 30.3 Å². The number of nitrogens with zero attached hydrogens (tertiary/aromatic N) is 2. The van der Waals surface area contributed by atoms with E-state index in [4.69, 9.17) is 26.8 Å². The Balaban J connectivity index is 1.82. The third kappa shape index (κ3) is 2.27. The Morgan fingerprint density at radius 1 is 1.47 bits per heavy atom. The summed E-state index contributed by atoms with van der Waals surface area (Å²) in [7, 11) is 0. The first-order chi connectivity index (χ1) is 9.10. The molecule has 102 valence electrons. The zero-order valence-electron chi connectivity index (χ0n) is 10.3. The maximum Gasteiger partial charge on any atom is 0.250 e. The van der Waals surface area contributed by atoms with Crippen LogP contribution >= 0.6 is 11.6 Å². The maximum absolute atomic E-state index is 11.1. The molecule has 0 saturated carbocycles. The van der Waals surface area contributed by atoms with Crippen molar-refractivity contribution in [1.82, 2.24) is 4.98 Å². The van der Waals surface area contributed by atoms with E-state index in [0.717, 1.165) is 13.0 Å². The quantitative estimate of drug-likeness (QED) is 0.868. The van der Waals surface area contributed by atoms with Crippen molar-refractivity contribution in [2.24, 2.45) is 5.73 Å². The summed E-state index contributed by atoms with van der Waals surface area (Å²) in [5, 5.41) is 0.409. The number of aromatic nitrogens is 1. The molecule has 1 aromatic heterocycles. The van der Waals surface area contributed by atoms with Gasteiger partial charge < -0.3 is 20.1 Å². The van der Waals surface area contributed by atoms with Crippen LogP contribution in [0.3, 0.4) is 0 Å². The molecule has 0 aromatic carbocycles. The summed E-state index contributed by atoms with van der Waals surface area (Å²) in [6.45, 7) is 2.59. The maximum atomic E-state index is 11.1. The first kappa shape index (κ1) is 12.7. The fraction of sp³-hybridized carbons (Fsp3) is 0.500. The van der Waals surface area contributed by atoms with Gasteiger partial charge in [0.2, 0.25) is 5.91 Å². The number of primary amides is 1. The molecule has 0 radical (unpaired) electrons. The van der Waals surface area contributed by atoms with E-state index >= 15 is 0 Å². The lowest BCUT2D eigenvalue weighted by Crippen LogP contribution is -2.34. The summed E-state index contributed by atoms with van der Waals surface area (Å²) >= 11 is 6.16. The van der Waals surface area contributed by atoms with E-state index in [1.165, 1.54) is 12.3 Å². The topological polar surface area (TPSA) is 77.7 Å². The van der Waals surface area contributed by atoms with E-state index in [1.807, 2.05) is 4.90 Å². The lowest BCUT2D eigenvalue weighted by Gasteiger charge is -2.23. The van der Waals surface area contributed by atoms with Crippen LogP contribution in [0.4, 0.5) is 5.82 Å². The lowest BCUT2D eigenvalue weighted by molar-refractivity contribution is -0.137. The highest BCUT2D eigenvalue weighted by atomic mass is 35.5. The van der Waals surface area contributed by atoms with Gasteiger partial charge in [0, 0.05) is 19.2 Å². The molecule has 2 N–H and O–H groups in total. The number of hydrogen-bond acceptors (Lipinski definition) is 5. The van der Waals surface area contributed by atoms with E-state index in [9.17, 15) is 4.79 Å². The Morgan fingerprint density at radius 2 is 2.21 bits per heavy atom. The summed E-state index contributed by atoms with van der Waals surface area (Å²) in [6, 6.07) is 1.54. The smallest absolute Gasteiger partial charge is 0.250 e. The first-order valence-electron chi connectivity index (χ1n) is 6.08. The molecular formula is C12H14ClN3O3. The fourth-order valence-corrected chi connectivity index (χ4v) is 2.75. The zero-order valence-corrected chi connectivity index (χ0v) is 11.0. The van der Waals surface area contributed by atoms with Crippen LogP contribution in [0.5, 0.6) is 0 Å². The molecule has 1 amide bonds. The van der Waals surface area contributed by atoms with Crippen molar-refractivity contribution in [3.63, 3.8) is 0 Å². The molecule has 3 rings (SSSR count). The van der Waals surface area contributed by atoms with Gasteiger partial charge in [0.1, 0.15) is 5.82 Å². The SMILES string of the molecule is NC(=O)c1cnc(N2CCC3(C2)OCCO3)c(Cl)c1. The summed E-state index contributed by atoms with van der Waals surface area (Å²) < 4.78 is 11.3. The number of nitrogens with two attached hydrogens (primary N) is 1. The second kappa shape index (κ2) is 4.63. The van der Waals surface area contributed by atoms with E-state index in [2.05, 4.69) is 4.98 Å². The number of carbonyl (C=O) groups is 1. The number of rotatable bonds is 2. The third-order valence-corrected chi connectivity index (χ3v) is 3.69. The minimum atomic E-state index is -0.540. The minimum Gasteiger partial charge on any atom is -0.366 e. The van der Waals surface area contributed by atoms with Gasteiger partial charge in [-0.2, -0.15) is 0 Å². The molecule has 0 unspecified atom stereocenters. The van der Waals surface area contributed by atoms with Crippen molar-refractivity contribution in [1.29, 1.82) is 0 Å². The molecule has 2 saturated heterocycles. The largest absolute Gasteiger partial charge is 0.366 e. The fourth-order valence-electron chi connectivity index (χ4n) is 2.47. The zero-order chi connectivity index (χ0) is 13.5. The monoisotopic (exact) mass is 283 g/mol.